The molecular formula is C29H33ClF2N2O3. The molecule has 2 heterocycles. The van der Waals surface area contributed by atoms with E-state index >= 15 is 0 Å². The molecule has 0 amide bonds. The van der Waals surface area contributed by atoms with Crippen molar-refractivity contribution in [2.75, 3.05) is 26.7 Å². The van der Waals surface area contributed by atoms with Gasteiger partial charge in [0.1, 0.15) is 5.75 Å². The smallest absolute Gasteiger partial charge is 0.303 e. The Morgan fingerprint density at radius 3 is 2.68 bits per heavy atom. The Kier molecular flexibility index (Phi) is 8.98. The molecule has 1 N–H and O–H groups in total. The van der Waals surface area contributed by atoms with Crippen molar-refractivity contribution in [1.29, 1.82) is 0 Å². The van der Waals surface area contributed by atoms with Gasteiger partial charge >= 0.3 is 5.97 Å². The zero-order valence-corrected chi connectivity index (χ0v) is 21.9. The monoisotopic (exact) mass is 530 g/mol. The first-order valence-corrected chi connectivity index (χ1v) is 13.2. The predicted octanol–water partition coefficient (Wildman–Crippen LogP) is 6.69. The number of hydrogen-bond acceptors (Lipinski definition) is 4. The van der Waals surface area contributed by atoms with Crippen molar-refractivity contribution in [3.63, 3.8) is 0 Å². The van der Waals surface area contributed by atoms with E-state index < -0.39 is 17.6 Å². The molecule has 1 fully saturated rings. The van der Waals surface area contributed by atoms with Gasteiger partial charge in [0.2, 0.25) is 0 Å². The van der Waals surface area contributed by atoms with Crippen LogP contribution >= 0.6 is 11.6 Å². The van der Waals surface area contributed by atoms with Gasteiger partial charge in [-0.1, -0.05) is 23.7 Å². The molecule has 198 valence electrons. The molecule has 1 aliphatic heterocycles. The fraction of sp³-hybridized carbons (Fsp3) is 0.448. The molecule has 0 radical (unpaired) electrons. The highest BCUT2D eigenvalue weighted by Gasteiger charge is 2.36. The summed E-state index contributed by atoms with van der Waals surface area (Å²) in [6.45, 7) is 2.38. The minimum Gasteiger partial charge on any atom is -0.497 e. The van der Waals surface area contributed by atoms with E-state index in [1.807, 2.05) is 18.2 Å². The highest BCUT2D eigenvalue weighted by Crippen LogP contribution is 2.41. The summed E-state index contributed by atoms with van der Waals surface area (Å²) in [5, 5.41) is 11.2. The van der Waals surface area contributed by atoms with Gasteiger partial charge in [-0.15, -0.1) is 0 Å². The summed E-state index contributed by atoms with van der Waals surface area (Å²) in [4.78, 5) is 18.5. The Balaban J connectivity index is 1.35. The number of halogens is 3. The molecule has 0 unspecified atom stereocenters. The lowest BCUT2D eigenvalue weighted by atomic mass is 9.72. The molecule has 4 rings (SSSR count). The molecule has 0 bridgehead atoms. The molecule has 3 aromatic rings. The highest BCUT2D eigenvalue weighted by molar-refractivity contribution is 6.32. The number of carbonyl (C=O) groups is 1. The average Bonchev–Trinajstić information content (AvgIpc) is 2.88. The number of aryl methyl sites for hydroxylation is 2. The number of piperidine rings is 1. The number of nitrogens with zero attached hydrogens (tertiary/aromatic N) is 2. The molecule has 1 aliphatic rings. The van der Waals surface area contributed by atoms with Crippen LogP contribution in [0.1, 0.15) is 49.7 Å². The lowest BCUT2D eigenvalue weighted by Gasteiger charge is -2.41. The quantitative estimate of drug-likeness (QED) is 0.299. The van der Waals surface area contributed by atoms with Crippen LogP contribution in [-0.2, 0) is 17.6 Å². The number of rotatable bonds is 11. The molecule has 37 heavy (non-hydrogen) atoms. The fourth-order valence-electron chi connectivity index (χ4n) is 5.55. The molecule has 0 aliphatic carbocycles. The van der Waals surface area contributed by atoms with E-state index in [4.69, 9.17) is 16.3 Å². The Hall–Kier alpha value is -2.77. The summed E-state index contributed by atoms with van der Waals surface area (Å²) in [5.41, 5.74) is 2.01. The van der Waals surface area contributed by atoms with Gasteiger partial charge in [-0.2, -0.15) is 0 Å². The zero-order valence-electron chi connectivity index (χ0n) is 21.1. The van der Waals surface area contributed by atoms with Crippen molar-refractivity contribution in [3.05, 3.63) is 70.4 Å². The maximum atomic E-state index is 13.9. The standard InChI is InChI=1S/C29H33ClF2N2O3/c1-37-21-9-10-26-23(17-21)22(24(30)19-33-26)7-3-11-29(18-27(35)36)12-15-34(16-13-29)14-4-6-20-5-2-8-25(31)28(20)32/h2,5,8-10,17,19H,3-4,6-7,11-16,18H2,1H3,(H,35,36). The van der Waals surface area contributed by atoms with E-state index in [0.29, 0.717) is 17.0 Å². The van der Waals surface area contributed by atoms with Crippen LogP contribution in [0.5, 0.6) is 5.75 Å². The van der Waals surface area contributed by atoms with E-state index in [1.165, 1.54) is 6.07 Å². The van der Waals surface area contributed by atoms with Crippen LogP contribution in [-0.4, -0.2) is 47.7 Å². The number of aliphatic carboxylic acids is 1. The molecule has 0 atom stereocenters. The number of pyridine rings is 1. The van der Waals surface area contributed by atoms with Crippen LogP contribution < -0.4 is 4.74 Å². The first kappa shape index (κ1) is 27.3. The maximum absolute atomic E-state index is 13.9. The van der Waals surface area contributed by atoms with Crippen LogP contribution in [0.3, 0.4) is 0 Å². The summed E-state index contributed by atoms with van der Waals surface area (Å²) in [5.74, 6) is -1.60. The van der Waals surface area contributed by atoms with Crippen molar-refractivity contribution in [2.24, 2.45) is 5.41 Å². The Morgan fingerprint density at radius 1 is 1.16 bits per heavy atom. The first-order chi connectivity index (χ1) is 17.8. The number of ether oxygens (including phenoxy) is 1. The lowest BCUT2D eigenvalue weighted by Crippen LogP contribution is -2.41. The second-order valence-electron chi connectivity index (χ2n) is 10.0. The van der Waals surface area contributed by atoms with E-state index in [0.717, 1.165) is 86.4 Å². The van der Waals surface area contributed by atoms with Crippen molar-refractivity contribution >= 4 is 28.5 Å². The Labute approximate surface area is 221 Å². The Morgan fingerprint density at radius 2 is 1.95 bits per heavy atom. The number of benzene rings is 2. The molecule has 1 aromatic heterocycles. The molecule has 8 heteroatoms. The van der Waals surface area contributed by atoms with Gasteiger partial charge in [-0.25, -0.2) is 8.78 Å². The molecular weight excluding hydrogens is 498 g/mol. The largest absolute Gasteiger partial charge is 0.497 e. The number of carboxylic acids is 1. The van der Waals surface area contributed by atoms with Crippen LogP contribution in [0.25, 0.3) is 10.9 Å². The minimum absolute atomic E-state index is 0.147. The number of aromatic nitrogens is 1. The van der Waals surface area contributed by atoms with Crippen molar-refractivity contribution in [3.8, 4) is 5.75 Å². The van der Waals surface area contributed by atoms with Gasteiger partial charge in [0, 0.05) is 11.6 Å². The van der Waals surface area contributed by atoms with Crippen LogP contribution in [0, 0.1) is 17.0 Å². The second-order valence-corrected chi connectivity index (χ2v) is 10.5. The van der Waals surface area contributed by atoms with E-state index in [2.05, 4.69) is 9.88 Å². The minimum atomic E-state index is -0.811. The summed E-state index contributed by atoms with van der Waals surface area (Å²) in [6.07, 6.45) is 6.97. The van der Waals surface area contributed by atoms with Gasteiger partial charge < -0.3 is 14.7 Å². The van der Waals surface area contributed by atoms with E-state index in [9.17, 15) is 18.7 Å². The summed E-state index contributed by atoms with van der Waals surface area (Å²) < 4.78 is 32.7. The first-order valence-electron chi connectivity index (χ1n) is 12.8. The fourth-order valence-corrected chi connectivity index (χ4v) is 5.79. The van der Waals surface area contributed by atoms with Gasteiger partial charge in [-0.05, 0) is 105 Å². The van der Waals surface area contributed by atoms with E-state index in [1.54, 1.807) is 19.4 Å². The van der Waals surface area contributed by atoms with Crippen LogP contribution in [0.4, 0.5) is 8.78 Å². The number of likely N-dealkylation sites (tertiary alicyclic amines) is 1. The van der Waals surface area contributed by atoms with Crippen molar-refractivity contribution in [2.45, 2.75) is 51.4 Å². The summed E-state index contributed by atoms with van der Waals surface area (Å²) in [7, 11) is 1.63. The normalized spacial score (nSPS) is 15.7. The molecule has 2 aromatic carbocycles. The van der Waals surface area contributed by atoms with Gasteiger partial charge in [0.05, 0.1) is 24.1 Å². The van der Waals surface area contributed by atoms with Crippen molar-refractivity contribution in [1.82, 2.24) is 9.88 Å². The molecule has 1 saturated heterocycles. The van der Waals surface area contributed by atoms with Crippen LogP contribution in [0.2, 0.25) is 5.02 Å². The SMILES string of the molecule is COc1ccc2ncc(Cl)c(CCCC3(CC(=O)O)CCN(CCCc4cccc(F)c4F)CC3)c2c1. The third kappa shape index (κ3) is 6.76. The van der Waals surface area contributed by atoms with Gasteiger partial charge in [0.25, 0.3) is 0 Å². The highest BCUT2D eigenvalue weighted by atomic mass is 35.5. The predicted molar refractivity (Wildman–Crippen MR) is 141 cm³/mol. The topological polar surface area (TPSA) is 62.7 Å². The summed E-state index contributed by atoms with van der Waals surface area (Å²) in [6, 6.07) is 10.0. The number of fused-ring (bicyclic) bond motifs is 1. The van der Waals surface area contributed by atoms with Crippen molar-refractivity contribution < 1.29 is 23.4 Å². The Bertz CT molecular complexity index is 1250. The van der Waals surface area contributed by atoms with E-state index in [-0.39, 0.29) is 11.8 Å². The molecule has 5 nitrogen and oxygen atoms in total. The lowest BCUT2D eigenvalue weighted by molar-refractivity contribution is -0.140. The second kappa shape index (κ2) is 12.2. The van der Waals surface area contributed by atoms with Gasteiger partial charge in [-0.3, -0.25) is 9.78 Å². The third-order valence-electron chi connectivity index (χ3n) is 7.66. The zero-order chi connectivity index (χ0) is 26.4. The maximum Gasteiger partial charge on any atom is 0.303 e. The number of hydrogen-bond donors (Lipinski definition) is 1. The molecule has 0 saturated carbocycles. The van der Waals surface area contributed by atoms with Crippen LogP contribution in [0.15, 0.2) is 42.6 Å². The number of carboxylic acid groups (broad SMARTS) is 1. The molecule has 0 spiro atoms. The number of methoxy groups -OCH3 is 1. The average molecular weight is 531 g/mol. The van der Waals surface area contributed by atoms with Gasteiger partial charge in [0.15, 0.2) is 11.6 Å². The summed E-state index contributed by atoms with van der Waals surface area (Å²) >= 11 is 6.52. The third-order valence-corrected chi connectivity index (χ3v) is 7.99.